The Morgan fingerprint density at radius 2 is 1.73 bits per heavy atom. The summed E-state index contributed by atoms with van der Waals surface area (Å²) in [5.74, 6) is 6.22. The van der Waals surface area contributed by atoms with Crippen molar-refractivity contribution in [1.82, 2.24) is 0 Å². The zero-order chi connectivity index (χ0) is 10.4. The molecular formula is C15H24. The summed E-state index contributed by atoms with van der Waals surface area (Å²) < 4.78 is 0. The molecule has 0 heteroatoms. The quantitative estimate of drug-likeness (QED) is 0.559. The first-order chi connectivity index (χ1) is 7.29. The lowest BCUT2D eigenvalue weighted by Gasteiger charge is -2.55. The molecule has 4 rings (SSSR count). The van der Waals surface area contributed by atoms with Crippen molar-refractivity contribution in [2.75, 3.05) is 0 Å². The highest BCUT2D eigenvalue weighted by atomic mass is 14.5. The lowest BCUT2D eigenvalue weighted by Crippen LogP contribution is -2.46. The average Bonchev–Trinajstić information content (AvgIpc) is 2.29. The molecule has 0 aromatic heterocycles. The standard InChI is InChI=1S/C15H24/c1-3-11-4-6-14-12-5-7-13(10(2)8-12)15(14)9-11/h3,10-15H,1,4-9H2,2H3. The van der Waals surface area contributed by atoms with Gasteiger partial charge in [-0.2, -0.15) is 0 Å². The maximum atomic E-state index is 4.00. The molecule has 0 aliphatic heterocycles. The lowest BCUT2D eigenvalue weighted by molar-refractivity contribution is -0.0486. The number of rotatable bonds is 1. The first kappa shape index (κ1) is 9.93. The molecule has 6 unspecified atom stereocenters. The molecule has 0 heterocycles. The van der Waals surface area contributed by atoms with E-state index in [0.717, 1.165) is 35.5 Å². The molecule has 0 nitrogen and oxygen atoms in total. The largest absolute Gasteiger partial charge is 0.103 e. The molecule has 4 aliphatic carbocycles. The minimum atomic E-state index is 0.845. The van der Waals surface area contributed by atoms with Crippen LogP contribution in [-0.4, -0.2) is 0 Å². The van der Waals surface area contributed by atoms with Crippen molar-refractivity contribution >= 4 is 0 Å². The van der Waals surface area contributed by atoms with E-state index >= 15 is 0 Å². The molecule has 2 bridgehead atoms. The van der Waals surface area contributed by atoms with E-state index in [-0.39, 0.29) is 0 Å². The molecule has 0 aromatic rings. The second-order valence-electron chi connectivity index (χ2n) is 6.35. The Morgan fingerprint density at radius 1 is 0.933 bits per heavy atom. The predicted molar refractivity (Wildman–Crippen MR) is 64.5 cm³/mol. The van der Waals surface area contributed by atoms with E-state index in [1.165, 1.54) is 25.7 Å². The van der Waals surface area contributed by atoms with Crippen LogP contribution >= 0.6 is 0 Å². The maximum Gasteiger partial charge on any atom is -0.0233 e. The van der Waals surface area contributed by atoms with E-state index < -0.39 is 0 Å². The third-order valence-corrected chi connectivity index (χ3v) is 5.76. The fraction of sp³-hybridized carbons (Fsp3) is 0.867. The van der Waals surface area contributed by atoms with Gasteiger partial charge in [0.15, 0.2) is 0 Å². The minimum Gasteiger partial charge on any atom is -0.103 e. The summed E-state index contributed by atoms with van der Waals surface area (Å²) in [6, 6.07) is 0. The van der Waals surface area contributed by atoms with E-state index in [9.17, 15) is 0 Å². The lowest BCUT2D eigenvalue weighted by atomic mass is 9.50. The molecule has 0 amide bonds. The molecule has 0 saturated heterocycles. The predicted octanol–water partition coefficient (Wildman–Crippen LogP) is 4.27. The Labute approximate surface area is 94.1 Å². The van der Waals surface area contributed by atoms with Crippen LogP contribution in [0.5, 0.6) is 0 Å². The van der Waals surface area contributed by atoms with Crippen molar-refractivity contribution in [1.29, 1.82) is 0 Å². The van der Waals surface area contributed by atoms with Gasteiger partial charge in [-0.25, -0.2) is 0 Å². The molecule has 4 aliphatic rings. The van der Waals surface area contributed by atoms with E-state index in [0.29, 0.717) is 0 Å². The molecule has 0 spiro atoms. The number of hydrogen-bond donors (Lipinski definition) is 0. The second-order valence-corrected chi connectivity index (χ2v) is 6.35. The van der Waals surface area contributed by atoms with Gasteiger partial charge in [0, 0.05) is 0 Å². The van der Waals surface area contributed by atoms with Crippen LogP contribution in [-0.2, 0) is 0 Å². The van der Waals surface area contributed by atoms with Gasteiger partial charge in [-0.1, -0.05) is 13.0 Å². The molecule has 15 heavy (non-hydrogen) atoms. The highest BCUT2D eigenvalue weighted by Gasteiger charge is 2.48. The molecule has 0 aromatic carbocycles. The van der Waals surface area contributed by atoms with Crippen LogP contribution in [0.1, 0.15) is 45.4 Å². The van der Waals surface area contributed by atoms with Gasteiger partial charge in [-0.3, -0.25) is 0 Å². The van der Waals surface area contributed by atoms with Crippen LogP contribution in [0.2, 0.25) is 0 Å². The summed E-state index contributed by atoms with van der Waals surface area (Å²) in [5, 5.41) is 0. The molecule has 4 saturated carbocycles. The van der Waals surface area contributed by atoms with E-state index in [1.54, 1.807) is 12.8 Å². The van der Waals surface area contributed by atoms with Gasteiger partial charge in [0.05, 0.1) is 0 Å². The first-order valence-electron chi connectivity index (χ1n) is 6.92. The number of hydrogen-bond acceptors (Lipinski definition) is 0. The second kappa shape index (κ2) is 3.64. The zero-order valence-corrected chi connectivity index (χ0v) is 9.99. The van der Waals surface area contributed by atoms with Crippen LogP contribution in [0.25, 0.3) is 0 Å². The Hall–Kier alpha value is -0.260. The van der Waals surface area contributed by atoms with Crippen molar-refractivity contribution in [3.8, 4) is 0 Å². The van der Waals surface area contributed by atoms with Gasteiger partial charge in [-0.05, 0) is 74.0 Å². The van der Waals surface area contributed by atoms with Gasteiger partial charge in [0.25, 0.3) is 0 Å². The third-order valence-electron chi connectivity index (χ3n) is 5.76. The molecular weight excluding hydrogens is 180 g/mol. The third kappa shape index (κ3) is 1.48. The van der Waals surface area contributed by atoms with Crippen molar-refractivity contribution in [2.45, 2.75) is 45.4 Å². The molecule has 0 radical (unpaired) electrons. The average molecular weight is 204 g/mol. The normalized spacial score (nSPS) is 53.7. The molecule has 6 atom stereocenters. The van der Waals surface area contributed by atoms with Crippen LogP contribution in [0.3, 0.4) is 0 Å². The molecule has 4 fully saturated rings. The van der Waals surface area contributed by atoms with E-state index in [2.05, 4.69) is 19.6 Å². The van der Waals surface area contributed by atoms with Crippen molar-refractivity contribution < 1.29 is 0 Å². The van der Waals surface area contributed by atoms with Crippen LogP contribution in [0, 0.1) is 35.5 Å². The Balaban J connectivity index is 1.80. The van der Waals surface area contributed by atoms with E-state index in [4.69, 9.17) is 0 Å². The maximum absolute atomic E-state index is 4.00. The van der Waals surface area contributed by atoms with Crippen molar-refractivity contribution in [3.63, 3.8) is 0 Å². The molecule has 84 valence electrons. The van der Waals surface area contributed by atoms with Crippen LogP contribution < -0.4 is 0 Å². The summed E-state index contributed by atoms with van der Waals surface area (Å²) in [6.45, 7) is 6.51. The summed E-state index contributed by atoms with van der Waals surface area (Å²) >= 11 is 0. The zero-order valence-electron chi connectivity index (χ0n) is 9.99. The summed E-state index contributed by atoms with van der Waals surface area (Å²) in [4.78, 5) is 0. The van der Waals surface area contributed by atoms with Crippen molar-refractivity contribution in [2.24, 2.45) is 35.5 Å². The van der Waals surface area contributed by atoms with Crippen molar-refractivity contribution in [3.05, 3.63) is 12.7 Å². The fourth-order valence-electron chi connectivity index (χ4n) is 5.04. The SMILES string of the molecule is C=CC1CCC2C3CCC(C(C)C3)C2C1. The van der Waals surface area contributed by atoms with Gasteiger partial charge < -0.3 is 0 Å². The van der Waals surface area contributed by atoms with Gasteiger partial charge in [0.2, 0.25) is 0 Å². The first-order valence-corrected chi connectivity index (χ1v) is 6.92. The highest BCUT2D eigenvalue weighted by Crippen LogP contribution is 2.57. The minimum absolute atomic E-state index is 0.845. The summed E-state index contributed by atoms with van der Waals surface area (Å²) in [5.41, 5.74) is 0. The Morgan fingerprint density at radius 3 is 2.47 bits per heavy atom. The highest BCUT2D eigenvalue weighted by molar-refractivity contribution is 5.00. The molecule has 0 N–H and O–H groups in total. The monoisotopic (exact) mass is 204 g/mol. The Bertz CT molecular complexity index is 253. The van der Waals surface area contributed by atoms with Crippen LogP contribution in [0.4, 0.5) is 0 Å². The topological polar surface area (TPSA) is 0 Å². The Kier molecular flexibility index (Phi) is 2.41. The van der Waals surface area contributed by atoms with Gasteiger partial charge in [0.1, 0.15) is 0 Å². The van der Waals surface area contributed by atoms with E-state index in [1.807, 2.05) is 0 Å². The fourth-order valence-corrected chi connectivity index (χ4v) is 5.04. The number of fused-ring (bicyclic) bond motifs is 2. The van der Waals surface area contributed by atoms with Crippen LogP contribution in [0.15, 0.2) is 12.7 Å². The summed E-state index contributed by atoms with van der Waals surface area (Å²) in [7, 11) is 0. The van der Waals surface area contributed by atoms with Gasteiger partial charge >= 0.3 is 0 Å². The van der Waals surface area contributed by atoms with Gasteiger partial charge in [-0.15, -0.1) is 6.58 Å². The number of allylic oxidation sites excluding steroid dienone is 1. The summed E-state index contributed by atoms with van der Waals surface area (Å²) in [6.07, 6.45) is 11.3. The smallest absolute Gasteiger partial charge is 0.0233 e.